The van der Waals surface area contributed by atoms with E-state index in [0.29, 0.717) is 10.9 Å². The molecular weight excluding hydrogens is 248 g/mol. The maximum Gasteiger partial charge on any atom is 0.184 e. The van der Waals surface area contributed by atoms with Gasteiger partial charge in [0, 0.05) is 18.9 Å². The molecule has 0 saturated carbocycles. The zero-order valence-corrected chi connectivity index (χ0v) is 12.5. The van der Waals surface area contributed by atoms with Gasteiger partial charge in [-0.2, -0.15) is 0 Å². The fourth-order valence-electron chi connectivity index (χ4n) is 2.48. The van der Waals surface area contributed by atoms with Gasteiger partial charge in [-0.25, -0.2) is 0 Å². The highest BCUT2D eigenvalue weighted by molar-refractivity contribution is 7.84. The Labute approximate surface area is 115 Å². The lowest BCUT2D eigenvalue weighted by Gasteiger charge is -2.45. The predicted octanol–water partition coefficient (Wildman–Crippen LogP) is 2.27. The van der Waals surface area contributed by atoms with E-state index in [-0.39, 0.29) is 17.3 Å². The van der Waals surface area contributed by atoms with Crippen molar-refractivity contribution < 1.29 is 9.47 Å². The lowest BCUT2D eigenvalue weighted by Crippen LogP contribution is -2.48. The molecule has 0 atom stereocenters. The summed E-state index contributed by atoms with van der Waals surface area (Å²) in [6.45, 7) is 8.26. The van der Waals surface area contributed by atoms with Crippen molar-refractivity contribution in [3.05, 3.63) is 23.1 Å². The number of allylic oxidation sites excluding steroid dienone is 2. The van der Waals surface area contributed by atoms with Gasteiger partial charge in [-0.3, -0.25) is 0 Å². The Kier molecular flexibility index (Phi) is 4.61. The van der Waals surface area contributed by atoms with E-state index in [0.717, 1.165) is 12.8 Å². The Hall–Kier alpha value is -0.810. The molecule has 1 aliphatic heterocycles. The van der Waals surface area contributed by atoms with Crippen LogP contribution in [0.2, 0.25) is 0 Å². The van der Waals surface area contributed by atoms with E-state index in [4.69, 9.17) is 20.9 Å². The molecule has 1 saturated heterocycles. The van der Waals surface area contributed by atoms with Crippen LogP contribution in [0.1, 0.15) is 40.5 Å². The summed E-state index contributed by atoms with van der Waals surface area (Å²) in [5.74, 6) is 0.352. The molecule has 0 aliphatic carbocycles. The van der Waals surface area contributed by atoms with Crippen LogP contribution in [0.5, 0.6) is 0 Å². The van der Waals surface area contributed by atoms with Crippen LogP contribution in [0.15, 0.2) is 23.1 Å². The molecule has 104 valence electrons. The molecule has 0 spiro atoms. The summed E-state index contributed by atoms with van der Waals surface area (Å²) < 4.78 is 11.7. The highest BCUT2D eigenvalue weighted by atomic mass is 32.1. The number of rotatable bonds is 3. The number of nitrogens with two attached hydrogens (primary N) is 2. The molecule has 0 bridgehead atoms. The van der Waals surface area contributed by atoms with Crippen LogP contribution in [-0.4, -0.2) is 17.3 Å². The fraction of sp³-hybridized carbons (Fsp3) is 0.692. The summed E-state index contributed by atoms with van der Waals surface area (Å²) in [6.07, 6.45) is 4.90. The van der Waals surface area contributed by atoms with Gasteiger partial charge in [0.2, 0.25) is 0 Å². The first-order valence-electron chi connectivity index (χ1n) is 6.08. The molecule has 1 rings (SSSR count). The largest absolute Gasteiger partial charge is 0.476 e. The van der Waals surface area contributed by atoms with Crippen LogP contribution in [0.4, 0.5) is 0 Å². The highest BCUT2D eigenvalue weighted by Crippen LogP contribution is 2.36. The fourth-order valence-corrected chi connectivity index (χ4v) is 2.56. The molecule has 4 N–H and O–H groups in total. The second kappa shape index (κ2) is 5.45. The van der Waals surface area contributed by atoms with E-state index in [1.807, 2.05) is 0 Å². The molecule has 0 aromatic rings. The van der Waals surface area contributed by atoms with Crippen LogP contribution in [0.25, 0.3) is 0 Å². The number of ether oxygens (including phenoxy) is 2. The van der Waals surface area contributed by atoms with Crippen molar-refractivity contribution in [1.82, 2.24) is 0 Å². The highest BCUT2D eigenvalue weighted by Gasteiger charge is 2.40. The molecule has 0 aromatic heterocycles. The topological polar surface area (TPSA) is 70.5 Å². The van der Waals surface area contributed by atoms with E-state index in [1.54, 1.807) is 12.2 Å². The van der Waals surface area contributed by atoms with Crippen LogP contribution >= 0.6 is 12.6 Å². The first-order valence-corrected chi connectivity index (χ1v) is 6.53. The maximum atomic E-state index is 5.99. The van der Waals surface area contributed by atoms with Gasteiger partial charge in [-0.15, -0.1) is 12.6 Å². The van der Waals surface area contributed by atoms with Gasteiger partial charge in [0.25, 0.3) is 0 Å². The third kappa shape index (κ3) is 5.23. The van der Waals surface area contributed by atoms with Gasteiger partial charge in [-0.1, -0.05) is 0 Å². The quantitative estimate of drug-likeness (QED) is 0.419. The predicted molar refractivity (Wildman–Crippen MR) is 76.9 cm³/mol. The average molecular weight is 272 g/mol. The van der Waals surface area contributed by atoms with Crippen molar-refractivity contribution in [1.29, 1.82) is 0 Å². The van der Waals surface area contributed by atoms with Crippen molar-refractivity contribution in [2.24, 2.45) is 11.5 Å². The monoisotopic (exact) mass is 272 g/mol. The second-order valence-corrected chi connectivity index (χ2v) is 6.45. The van der Waals surface area contributed by atoms with Gasteiger partial charge in [-0.05, 0) is 33.8 Å². The van der Waals surface area contributed by atoms with Crippen molar-refractivity contribution in [2.45, 2.75) is 57.8 Å². The SMILES string of the molecule is CC1(C)CC(O/C(N)=C/C=C(\N)S)CC(C)(C)O1. The minimum absolute atomic E-state index is 0.0505. The van der Waals surface area contributed by atoms with Crippen LogP contribution in [-0.2, 0) is 9.47 Å². The van der Waals surface area contributed by atoms with Gasteiger partial charge >= 0.3 is 0 Å². The summed E-state index contributed by atoms with van der Waals surface area (Å²) in [7, 11) is 0. The van der Waals surface area contributed by atoms with Gasteiger partial charge in [0.15, 0.2) is 5.88 Å². The Morgan fingerprint density at radius 3 is 2.11 bits per heavy atom. The minimum Gasteiger partial charge on any atom is -0.476 e. The van der Waals surface area contributed by atoms with Crippen LogP contribution in [0.3, 0.4) is 0 Å². The van der Waals surface area contributed by atoms with Gasteiger partial charge < -0.3 is 20.9 Å². The molecule has 1 heterocycles. The lowest BCUT2D eigenvalue weighted by molar-refractivity contribution is -0.190. The van der Waals surface area contributed by atoms with Crippen LogP contribution < -0.4 is 11.5 Å². The zero-order chi connectivity index (χ0) is 14.0. The van der Waals surface area contributed by atoms with E-state index < -0.39 is 0 Å². The van der Waals surface area contributed by atoms with E-state index in [2.05, 4.69) is 40.3 Å². The van der Waals surface area contributed by atoms with Crippen molar-refractivity contribution in [3.8, 4) is 0 Å². The molecular formula is C13H24N2O2S. The molecule has 5 heteroatoms. The molecule has 18 heavy (non-hydrogen) atoms. The average Bonchev–Trinajstić information content (AvgIpc) is 2.09. The van der Waals surface area contributed by atoms with E-state index in [1.165, 1.54) is 0 Å². The first-order chi connectivity index (χ1) is 8.10. The Morgan fingerprint density at radius 1 is 1.17 bits per heavy atom. The lowest BCUT2D eigenvalue weighted by atomic mass is 9.87. The van der Waals surface area contributed by atoms with Crippen molar-refractivity contribution in [3.63, 3.8) is 0 Å². The van der Waals surface area contributed by atoms with Crippen LogP contribution in [0, 0.1) is 0 Å². The van der Waals surface area contributed by atoms with Crippen molar-refractivity contribution >= 4 is 12.6 Å². The molecule has 0 unspecified atom stereocenters. The Bertz CT molecular complexity index is 342. The number of hydrogen-bond donors (Lipinski definition) is 3. The maximum absolute atomic E-state index is 5.99. The van der Waals surface area contributed by atoms with Gasteiger partial charge in [0.1, 0.15) is 6.10 Å². The summed E-state index contributed by atoms with van der Waals surface area (Å²) in [5.41, 5.74) is 10.8. The smallest absolute Gasteiger partial charge is 0.184 e. The minimum atomic E-state index is -0.203. The Morgan fingerprint density at radius 2 is 1.67 bits per heavy atom. The molecule has 0 radical (unpaired) electrons. The molecule has 0 amide bonds. The summed E-state index contributed by atoms with van der Waals surface area (Å²) in [5, 5.41) is 0.397. The molecule has 1 fully saturated rings. The van der Waals surface area contributed by atoms with Crippen molar-refractivity contribution in [2.75, 3.05) is 0 Å². The summed E-state index contributed by atoms with van der Waals surface area (Å²) in [6, 6.07) is 0. The summed E-state index contributed by atoms with van der Waals surface area (Å²) in [4.78, 5) is 0. The molecule has 0 aromatic carbocycles. The standard InChI is InChI=1S/C13H24N2O2S/c1-12(2)7-9(8-13(3,4)17-12)16-10(14)5-6-11(15)18/h5-6,9,18H,7-8,14-15H2,1-4H3/b10-5+,11-6+. The number of hydrogen-bond acceptors (Lipinski definition) is 5. The van der Waals surface area contributed by atoms with E-state index >= 15 is 0 Å². The third-order valence-corrected chi connectivity index (χ3v) is 2.86. The first kappa shape index (κ1) is 15.2. The Balaban J connectivity index is 2.67. The van der Waals surface area contributed by atoms with E-state index in [9.17, 15) is 0 Å². The molecule has 1 aliphatic rings. The number of thiol groups is 1. The third-order valence-electron chi connectivity index (χ3n) is 2.71. The van der Waals surface area contributed by atoms with Gasteiger partial charge in [0.05, 0.1) is 16.2 Å². The summed E-state index contributed by atoms with van der Waals surface area (Å²) >= 11 is 3.96. The normalized spacial score (nSPS) is 24.9. The molecule has 4 nitrogen and oxygen atoms in total. The second-order valence-electron chi connectivity index (χ2n) is 5.93. The zero-order valence-electron chi connectivity index (χ0n) is 11.6.